The number of hydrogen-bond donors (Lipinski definition) is 2. The van der Waals surface area contributed by atoms with Crippen molar-refractivity contribution in [3.05, 3.63) is 24.3 Å². The summed E-state index contributed by atoms with van der Waals surface area (Å²) >= 11 is 0. The number of rotatable bonds is 6. The van der Waals surface area contributed by atoms with E-state index in [1.807, 2.05) is 24.3 Å². The third-order valence-electron chi connectivity index (χ3n) is 3.27. The fourth-order valence-corrected chi connectivity index (χ4v) is 2.24. The van der Waals surface area contributed by atoms with Crippen LogP contribution in [0.25, 0.3) is 0 Å². The van der Waals surface area contributed by atoms with E-state index in [9.17, 15) is 9.59 Å². The minimum Gasteiger partial charge on any atom is -0.383 e. The highest BCUT2D eigenvalue weighted by Gasteiger charge is 2.22. The van der Waals surface area contributed by atoms with Crippen molar-refractivity contribution in [3.8, 4) is 0 Å². The Kier molecular flexibility index (Phi) is 4.98. The van der Waals surface area contributed by atoms with E-state index in [1.165, 1.54) is 0 Å². The van der Waals surface area contributed by atoms with Gasteiger partial charge >= 0.3 is 0 Å². The van der Waals surface area contributed by atoms with Gasteiger partial charge in [0.05, 0.1) is 17.9 Å². The number of amides is 2. The average molecular weight is 275 g/mol. The van der Waals surface area contributed by atoms with Gasteiger partial charge in [-0.05, 0) is 25.0 Å². The highest BCUT2D eigenvalue weighted by atomic mass is 16.2. The number of carbonyl (C=O) groups excluding carboxylic acids is 2. The second-order valence-electron chi connectivity index (χ2n) is 4.94. The average Bonchev–Trinajstić information content (AvgIpc) is 2.83. The minimum absolute atomic E-state index is 0.0672. The second-order valence-corrected chi connectivity index (χ2v) is 4.94. The molecule has 1 aliphatic rings. The first-order valence-electron chi connectivity index (χ1n) is 7.11. The standard InChI is InChI=1S/C15H21N3O2/c1-2-9-16-12-6-3-4-7-13(12)17-14(19)11-18-10-5-8-15(18)20/h3-4,6-7,16H,2,5,8-11H2,1H3,(H,17,19). The number of likely N-dealkylation sites (tertiary alicyclic amines) is 1. The summed E-state index contributed by atoms with van der Waals surface area (Å²) in [6.45, 7) is 3.77. The summed E-state index contributed by atoms with van der Waals surface area (Å²) in [5, 5.41) is 6.15. The SMILES string of the molecule is CCCNc1ccccc1NC(=O)CN1CCCC1=O. The molecule has 2 amide bonds. The molecule has 0 spiro atoms. The molecule has 1 aliphatic heterocycles. The van der Waals surface area contributed by atoms with E-state index in [2.05, 4.69) is 17.6 Å². The summed E-state index contributed by atoms with van der Waals surface area (Å²) in [4.78, 5) is 25.1. The summed E-state index contributed by atoms with van der Waals surface area (Å²) in [6, 6.07) is 7.61. The van der Waals surface area contributed by atoms with Crippen LogP contribution in [0, 0.1) is 0 Å². The normalized spacial score (nSPS) is 14.4. The molecule has 5 nitrogen and oxygen atoms in total. The van der Waals surface area contributed by atoms with Gasteiger partial charge in [-0.15, -0.1) is 0 Å². The molecule has 0 bridgehead atoms. The topological polar surface area (TPSA) is 61.4 Å². The molecule has 0 saturated carbocycles. The van der Waals surface area contributed by atoms with Gasteiger partial charge in [-0.25, -0.2) is 0 Å². The van der Waals surface area contributed by atoms with Crippen LogP contribution in [-0.4, -0.2) is 36.3 Å². The fourth-order valence-electron chi connectivity index (χ4n) is 2.24. The fraction of sp³-hybridized carbons (Fsp3) is 0.467. The molecule has 1 fully saturated rings. The Morgan fingerprint density at radius 3 is 2.70 bits per heavy atom. The summed E-state index contributed by atoms with van der Waals surface area (Å²) in [5.41, 5.74) is 1.67. The zero-order valence-corrected chi connectivity index (χ0v) is 11.8. The Labute approximate surface area is 119 Å². The van der Waals surface area contributed by atoms with Crippen molar-refractivity contribution in [1.29, 1.82) is 0 Å². The van der Waals surface area contributed by atoms with Crippen LogP contribution in [0.15, 0.2) is 24.3 Å². The second kappa shape index (κ2) is 6.93. The number of para-hydroxylation sites is 2. The molecular weight excluding hydrogens is 254 g/mol. The highest BCUT2D eigenvalue weighted by molar-refractivity contribution is 5.97. The molecule has 2 N–H and O–H groups in total. The molecule has 108 valence electrons. The molecule has 0 atom stereocenters. The van der Waals surface area contributed by atoms with Gasteiger partial charge in [-0.2, -0.15) is 0 Å². The van der Waals surface area contributed by atoms with E-state index >= 15 is 0 Å². The van der Waals surface area contributed by atoms with Crippen molar-refractivity contribution in [2.45, 2.75) is 26.2 Å². The van der Waals surface area contributed by atoms with E-state index in [1.54, 1.807) is 4.90 Å². The van der Waals surface area contributed by atoms with E-state index in [4.69, 9.17) is 0 Å². The minimum atomic E-state index is -0.147. The third kappa shape index (κ3) is 3.73. The van der Waals surface area contributed by atoms with Crippen LogP contribution < -0.4 is 10.6 Å². The van der Waals surface area contributed by atoms with Crippen LogP contribution in [0.1, 0.15) is 26.2 Å². The molecule has 5 heteroatoms. The van der Waals surface area contributed by atoms with Crippen LogP contribution in [0.3, 0.4) is 0 Å². The van der Waals surface area contributed by atoms with Crippen molar-refractivity contribution < 1.29 is 9.59 Å². The zero-order chi connectivity index (χ0) is 14.4. The molecule has 0 unspecified atom stereocenters. The third-order valence-corrected chi connectivity index (χ3v) is 3.27. The number of benzene rings is 1. The predicted octanol–water partition coefficient (Wildman–Crippen LogP) is 2.07. The molecule has 1 heterocycles. The van der Waals surface area contributed by atoms with E-state index in [-0.39, 0.29) is 18.4 Å². The first-order chi connectivity index (χ1) is 9.70. The van der Waals surface area contributed by atoms with Gasteiger partial charge in [-0.3, -0.25) is 9.59 Å². The van der Waals surface area contributed by atoms with Crippen molar-refractivity contribution in [2.24, 2.45) is 0 Å². The van der Waals surface area contributed by atoms with Crippen molar-refractivity contribution >= 4 is 23.2 Å². The molecule has 0 radical (unpaired) electrons. The van der Waals surface area contributed by atoms with Gasteiger partial charge in [0.25, 0.3) is 0 Å². The van der Waals surface area contributed by atoms with Crippen molar-refractivity contribution in [2.75, 3.05) is 30.3 Å². The predicted molar refractivity (Wildman–Crippen MR) is 79.7 cm³/mol. The lowest BCUT2D eigenvalue weighted by Gasteiger charge is -2.16. The monoisotopic (exact) mass is 275 g/mol. The van der Waals surface area contributed by atoms with Gasteiger partial charge in [0.15, 0.2) is 0 Å². The van der Waals surface area contributed by atoms with Gasteiger partial charge in [-0.1, -0.05) is 19.1 Å². The largest absolute Gasteiger partial charge is 0.383 e. The summed E-state index contributed by atoms with van der Waals surface area (Å²) < 4.78 is 0. The maximum Gasteiger partial charge on any atom is 0.244 e. The molecule has 0 aromatic heterocycles. The number of carbonyl (C=O) groups is 2. The van der Waals surface area contributed by atoms with Crippen molar-refractivity contribution in [1.82, 2.24) is 4.90 Å². The molecular formula is C15H21N3O2. The summed E-state index contributed by atoms with van der Waals surface area (Å²) in [7, 11) is 0. The summed E-state index contributed by atoms with van der Waals surface area (Å²) in [6.07, 6.45) is 2.42. The molecule has 20 heavy (non-hydrogen) atoms. The molecule has 2 rings (SSSR count). The maximum atomic E-state index is 12.0. The van der Waals surface area contributed by atoms with Gasteiger partial charge in [0.1, 0.15) is 0 Å². The van der Waals surface area contributed by atoms with Crippen LogP contribution in [0.5, 0.6) is 0 Å². The Morgan fingerprint density at radius 1 is 1.30 bits per heavy atom. The van der Waals surface area contributed by atoms with E-state index < -0.39 is 0 Å². The van der Waals surface area contributed by atoms with Gasteiger partial charge < -0.3 is 15.5 Å². The highest BCUT2D eigenvalue weighted by Crippen LogP contribution is 2.21. The maximum absolute atomic E-state index is 12.0. The Balaban J connectivity index is 1.95. The first-order valence-corrected chi connectivity index (χ1v) is 7.11. The number of anilines is 2. The lowest BCUT2D eigenvalue weighted by Crippen LogP contribution is -2.34. The lowest BCUT2D eigenvalue weighted by atomic mass is 10.2. The van der Waals surface area contributed by atoms with Crippen LogP contribution in [-0.2, 0) is 9.59 Å². The van der Waals surface area contributed by atoms with Crippen LogP contribution in [0.4, 0.5) is 11.4 Å². The summed E-state index contributed by atoms with van der Waals surface area (Å²) in [5.74, 6) is -0.0801. The van der Waals surface area contributed by atoms with E-state index in [0.717, 1.165) is 30.8 Å². The zero-order valence-electron chi connectivity index (χ0n) is 11.8. The molecule has 1 aromatic carbocycles. The van der Waals surface area contributed by atoms with Gasteiger partial charge in [0.2, 0.25) is 11.8 Å². The Hall–Kier alpha value is -2.04. The van der Waals surface area contributed by atoms with Crippen molar-refractivity contribution in [3.63, 3.8) is 0 Å². The molecule has 1 saturated heterocycles. The molecule has 0 aliphatic carbocycles. The van der Waals surface area contributed by atoms with Gasteiger partial charge in [0, 0.05) is 19.5 Å². The smallest absolute Gasteiger partial charge is 0.244 e. The lowest BCUT2D eigenvalue weighted by molar-refractivity contribution is -0.131. The number of hydrogen-bond acceptors (Lipinski definition) is 3. The Morgan fingerprint density at radius 2 is 2.05 bits per heavy atom. The quantitative estimate of drug-likeness (QED) is 0.835. The van der Waals surface area contributed by atoms with Crippen LogP contribution in [0.2, 0.25) is 0 Å². The Bertz CT molecular complexity index is 488. The van der Waals surface area contributed by atoms with Crippen LogP contribution >= 0.6 is 0 Å². The first kappa shape index (κ1) is 14.4. The van der Waals surface area contributed by atoms with E-state index in [0.29, 0.717) is 13.0 Å². The molecule has 1 aromatic rings. The number of nitrogens with zero attached hydrogens (tertiary/aromatic N) is 1. The number of nitrogens with one attached hydrogen (secondary N) is 2.